The highest BCUT2D eigenvalue weighted by Gasteiger charge is 2.38. The highest BCUT2D eigenvalue weighted by atomic mass is 32.2. The maximum Gasteiger partial charge on any atom is 0.327 e. The second-order valence-corrected chi connectivity index (χ2v) is 7.23. The van der Waals surface area contributed by atoms with Crippen molar-refractivity contribution in [3.8, 4) is 0 Å². The van der Waals surface area contributed by atoms with Gasteiger partial charge < -0.3 is 10.0 Å². The van der Waals surface area contributed by atoms with Gasteiger partial charge in [0, 0.05) is 23.6 Å². The minimum absolute atomic E-state index is 0.150. The summed E-state index contributed by atoms with van der Waals surface area (Å²) in [6.07, 6.45) is 0. The summed E-state index contributed by atoms with van der Waals surface area (Å²) in [7, 11) is -3.71. The maximum absolute atomic E-state index is 12.0. The quantitative estimate of drug-likeness (QED) is 0.819. The molecule has 3 rings (SSSR count). The number of rotatable bonds is 1. The number of aliphatic carboxylic acids is 1. The fraction of sp³-hybridized carbons (Fsp3) is 0.333. The van der Waals surface area contributed by atoms with Crippen molar-refractivity contribution in [3.63, 3.8) is 0 Å². The second-order valence-electron chi connectivity index (χ2n) is 4.51. The summed E-state index contributed by atoms with van der Waals surface area (Å²) in [6.45, 7) is 0.477. The standard InChI is InChI=1S/C12H12N2O4S2/c15-12(16)9-7-19-6-5-14(9)11-8-3-1-2-4-10(8)20(17,18)13-11/h1-4,9H,5-7H2,(H,15,16). The average molecular weight is 312 g/mol. The van der Waals surface area contributed by atoms with E-state index in [9.17, 15) is 18.3 Å². The van der Waals surface area contributed by atoms with E-state index in [2.05, 4.69) is 4.40 Å². The van der Waals surface area contributed by atoms with Gasteiger partial charge in [-0.25, -0.2) is 4.79 Å². The van der Waals surface area contributed by atoms with Crippen LogP contribution in [0.25, 0.3) is 0 Å². The van der Waals surface area contributed by atoms with Crippen LogP contribution in [0.2, 0.25) is 0 Å². The van der Waals surface area contributed by atoms with Crippen LogP contribution in [-0.4, -0.2) is 54.3 Å². The molecule has 0 radical (unpaired) electrons. The van der Waals surface area contributed by atoms with E-state index in [1.807, 2.05) is 0 Å². The first kappa shape index (κ1) is 13.4. The monoisotopic (exact) mass is 312 g/mol. The van der Waals surface area contributed by atoms with Crippen LogP contribution in [0.5, 0.6) is 0 Å². The van der Waals surface area contributed by atoms with Gasteiger partial charge in [-0.2, -0.15) is 20.2 Å². The molecule has 2 aliphatic heterocycles. The van der Waals surface area contributed by atoms with Gasteiger partial charge in [0.25, 0.3) is 10.0 Å². The molecule has 0 aromatic heterocycles. The third kappa shape index (κ3) is 2.08. The Balaban J connectivity index is 2.08. The van der Waals surface area contributed by atoms with E-state index in [1.54, 1.807) is 34.9 Å². The van der Waals surface area contributed by atoms with Crippen LogP contribution in [0.1, 0.15) is 5.56 Å². The SMILES string of the molecule is O=C(O)C1CSCCN1C1=NS(=O)(=O)c2ccccc21. The van der Waals surface area contributed by atoms with Crippen LogP contribution in [-0.2, 0) is 14.8 Å². The van der Waals surface area contributed by atoms with Gasteiger partial charge in [0.05, 0.1) is 0 Å². The molecule has 6 nitrogen and oxygen atoms in total. The van der Waals surface area contributed by atoms with Crippen molar-refractivity contribution in [1.82, 2.24) is 4.90 Å². The minimum atomic E-state index is -3.71. The van der Waals surface area contributed by atoms with Crippen molar-refractivity contribution in [2.24, 2.45) is 4.40 Å². The molecule has 2 aliphatic rings. The van der Waals surface area contributed by atoms with E-state index in [0.29, 0.717) is 17.9 Å². The molecule has 20 heavy (non-hydrogen) atoms. The lowest BCUT2D eigenvalue weighted by Gasteiger charge is -2.34. The Kier molecular flexibility index (Phi) is 3.21. The molecule has 1 unspecified atom stereocenters. The number of hydrogen-bond donors (Lipinski definition) is 1. The molecular weight excluding hydrogens is 300 g/mol. The molecule has 0 spiro atoms. The Labute approximate surface area is 120 Å². The number of carboxylic acid groups (broad SMARTS) is 1. The predicted molar refractivity (Wildman–Crippen MR) is 75.6 cm³/mol. The van der Waals surface area contributed by atoms with Gasteiger partial charge in [-0.1, -0.05) is 12.1 Å². The minimum Gasteiger partial charge on any atom is -0.480 e. The smallest absolute Gasteiger partial charge is 0.327 e. The fourth-order valence-corrected chi connectivity index (χ4v) is 4.61. The summed E-state index contributed by atoms with van der Waals surface area (Å²) in [4.78, 5) is 13.1. The molecule has 8 heteroatoms. The van der Waals surface area contributed by atoms with Crippen molar-refractivity contribution in [2.75, 3.05) is 18.1 Å². The molecule has 1 N–H and O–H groups in total. The molecule has 1 fully saturated rings. The lowest BCUT2D eigenvalue weighted by Crippen LogP contribution is -2.50. The van der Waals surface area contributed by atoms with E-state index in [0.717, 1.165) is 5.75 Å². The zero-order valence-corrected chi connectivity index (χ0v) is 12.0. The lowest BCUT2D eigenvalue weighted by molar-refractivity contribution is -0.141. The van der Waals surface area contributed by atoms with Crippen molar-refractivity contribution >= 4 is 33.6 Å². The van der Waals surface area contributed by atoms with Gasteiger partial charge in [-0.15, -0.1) is 4.40 Å². The van der Waals surface area contributed by atoms with E-state index >= 15 is 0 Å². The number of amidine groups is 1. The highest BCUT2D eigenvalue weighted by Crippen LogP contribution is 2.30. The number of benzene rings is 1. The van der Waals surface area contributed by atoms with Gasteiger partial charge in [-0.3, -0.25) is 0 Å². The molecular formula is C12H12N2O4S2. The summed E-state index contributed by atoms with van der Waals surface area (Å²) in [5.74, 6) is 0.483. The van der Waals surface area contributed by atoms with Crippen LogP contribution >= 0.6 is 11.8 Å². The van der Waals surface area contributed by atoms with Crippen LogP contribution in [0.3, 0.4) is 0 Å². The van der Waals surface area contributed by atoms with Crippen molar-refractivity contribution in [2.45, 2.75) is 10.9 Å². The van der Waals surface area contributed by atoms with Crippen molar-refractivity contribution < 1.29 is 18.3 Å². The summed E-state index contributed by atoms with van der Waals surface area (Å²) < 4.78 is 27.8. The van der Waals surface area contributed by atoms with Gasteiger partial charge in [-0.05, 0) is 12.1 Å². The van der Waals surface area contributed by atoms with Crippen LogP contribution in [0, 0.1) is 0 Å². The first-order valence-corrected chi connectivity index (χ1v) is 8.62. The Morgan fingerprint density at radius 2 is 2.15 bits per heavy atom. The number of carbonyl (C=O) groups is 1. The second kappa shape index (κ2) is 4.78. The molecule has 0 saturated carbocycles. The van der Waals surface area contributed by atoms with Gasteiger partial charge in [0.15, 0.2) is 5.84 Å². The van der Waals surface area contributed by atoms with Gasteiger partial charge >= 0.3 is 5.97 Å². The van der Waals surface area contributed by atoms with E-state index in [1.165, 1.54) is 6.07 Å². The first-order chi connectivity index (χ1) is 9.50. The van der Waals surface area contributed by atoms with Gasteiger partial charge in [0.2, 0.25) is 0 Å². The predicted octanol–water partition coefficient (Wildman–Crippen LogP) is 0.637. The van der Waals surface area contributed by atoms with Gasteiger partial charge in [0.1, 0.15) is 10.9 Å². The summed E-state index contributed by atoms with van der Waals surface area (Å²) in [5, 5.41) is 9.29. The third-order valence-corrected chi connectivity index (χ3v) is 5.65. The Hall–Kier alpha value is -1.54. The molecule has 0 amide bonds. The van der Waals surface area contributed by atoms with Crippen LogP contribution in [0.4, 0.5) is 0 Å². The molecule has 0 bridgehead atoms. The first-order valence-electron chi connectivity index (χ1n) is 6.02. The Bertz CT molecular complexity index is 699. The van der Waals surface area contributed by atoms with E-state index in [4.69, 9.17) is 0 Å². The molecule has 1 aromatic rings. The number of hydrogen-bond acceptors (Lipinski definition) is 5. The lowest BCUT2D eigenvalue weighted by atomic mass is 10.1. The zero-order chi connectivity index (χ0) is 14.3. The fourth-order valence-electron chi connectivity index (χ4n) is 2.36. The molecule has 1 aromatic carbocycles. The third-order valence-electron chi connectivity index (χ3n) is 3.30. The normalized spacial score (nSPS) is 24.1. The number of nitrogens with zero attached hydrogens (tertiary/aromatic N) is 2. The summed E-state index contributed by atoms with van der Waals surface area (Å²) >= 11 is 1.55. The van der Waals surface area contributed by atoms with Crippen molar-refractivity contribution in [1.29, 1.82) is 0 Å². The molecule has 0 aliphatic carbocycles. The largest absolute Gasteiger partial charge is 0.480 e. The summed E-state index contributed by atoms with van der Waals surface area (Å²) in [6, 6.07) is 5.78. The topological polar surface area (TPSA) is 87.0 Å². The molecule has 1 atom stereocenters. The van der Waals surface area contributed by atoms with Crippen LogP contribution < -0.4 is 0 Å². The highest BCUT2D eigenvalue weighted by molar-refractivity contribution is 7.99. The average Bonchev–Trinajstić information content (AvgIpc) is 2.71. The Morgan fingerprint density at radius 1 is 1.40 bits per heavy atom. The maximum atomic E-state index is 12.0. The number of sulfonamides is 1. The van der Waals surface area contributed by atoms with E-state index in [-0.39, 0.29) is 10.7 Å². The zero-order valence-electron chi connectivity index (χ0n) is 10.4. The molecule has 2 heterocycles. The summed E-state index contributed by atoms with van der Waals surface area (Å²) in [5.41, 5.74) is 0.491. The Morgan fingerprint density at radius 3 is 2.90 bits per heavy atom. The van der Waals surface area contributed by atoms with E-state index < -0.39 is 22.0 Å². The molecule has 106 valence electrons. The number of fused-ring (bicyclic) bond motifs is 1. The number of thioether (sulfide) groups is 1. The molecule has 1 saturated heterocycles. The van der Waals surface area contributed by atoms with Crippen molar-refractivity contribution in [3.05, 3.63) is 29.8 Å². The van der Waals surface area contributed by atoms with Crippen LogP contribution in [0.15, 0.2) is 33.6 Å². The number of carboxylic acids is 1.